The molecule has 1 aliphatic heterocycles. The number of aromatic amines is 1. The molecule has 3 rings (SSSR count). The Bertz CT molecular complexity index is 927. The minimum Gasteiger partial charge on any atom is -0.425 e. The first-order valence-corrected chi connectivity index (χ1v) is 11.3. The zero-order valence-electron chi connectivity index (χ0n) is 16.0. The quantitative estimate of drug-likeness (QED) is 0.652. The molecule has 0 amide bonds. The van der Waals surface area contributed by atoms with Crippen LogP contribution in [0.4, 0.5) is 0 Å². The lowest BCUT2D eigenvalue weighted by Crippen LogP contribution is -2.54. The lowest BCUT2D eigenvalue weighted by atomic mass is 10.2. The van der Waals surface area contributed by atoms with Crippen molar-refractivity contribution in [2.45, 2.75) is 19.6 Å². The summed E-state index contributed by atoms with van der Waals surface area (Å²) in [7, 11) is -2.13. The van der Waals surface area contributed by atoms with E-state index < -0.39 is 10.2 Å². The monoisotopic (exact) mass is 424 g/mol. The SMILES string of the molecule is Cc1ccc(OC2=NS(=O)(=O)N(NCCSCc3nc[nH]c3C)CN2C)cc1. The van der Waals surface area contributed by atoms with Crippen LogP contribution in [0.25, 0.3) is 0 Å². The van der Waals surface area contributed by atoms with Gasteiger partial charge in [-0.15, -0.1) is 0 Å². The smallest absolute Gasteiger partial charge is 0.341 e. The van der Waals surface area contributed by atoms with E-state index in [1.807, 2.05) is 26.0 Å². The van der Waals surface area contributed by atoms with E-state index in [9.17, 15) is 8.42 Å². The second-order valence-corrected chi connectivity index (χ2v) is 9.01. The maximum Gasteiger partial charge on any atom is 0.341 e. The third-order valence-corrected chi connectivity index (χ3v) is 6.24. The molecule has 0 atom stereocenters. The number of aromatic nitrogens is 2. The van der Waals surface area contributed by atoms with E-state index in [-0.39, 0.29) is 12.7 Å². The van der Waals surface area contributed by atoms with Gasteiger partial charge in [-0.05, 0) is 26.0 Å². The van der Waals surface area contributed by atoms with Gasteiger partial charge in [-0.25, -0.2) is 10.4 Å². The van der Waals surface area contributed by atoms with Crippen molar-refractivity contribution in [2.75, 3.05) is 26.0 Å². The maximum absolute atomic E-state index is 12.4. The Labute approximate surface area is 169 Å². The summed E-state index contributed by atoms with van der Waals surface area (Å²) in [6.45, 7) is 4.54. The third kappa shape index (κ3) is 5.25. The van der Waals surface area contributed by atoms with Gasteiger partial charge in [-0.1, -0.05) is 26.5 Å². The molecular formula is C17H24N6O3S2. The van der Waals surface area contributed by atoms with Crippen molar-refractivity contribution in [1.29, 1.82) is 0 Å². The molecule has 0 unspecified atom stereocenters. The molecule has 152 valence electrons. The van der Waals surface area contributed by atoms with Gasteiger partial charge in [-0.3, -0.25) is 0 Å². The lowest BCUT2D eigenvalue weighted by Gasteiger charge is -2.31. The second-order valence-electron chi connectivity index (χ2n) is 6.39. The van der Waals surface area contributed by atoms with Crippen molar-refractivity contribution in [2.24, 2.45) is 4.40 Å². The summed E-state index contributed by atoms with van der Waals surface area (Å²) < 4.78 is 35.4. The first kappa shape index (κ1) is 20.6. The average molecular weight is 425 g/mol. The molecule has 0 bridgehead atoms. The third-order valence-electron chi connectivity index (χ3n) is 4.08. The highest BCUT2D eigenvalue weighted by Crippen LogP contribution is 2.17. The summed E-state index contributed by atoms with van der Waals surface area (Å²) in [4.78, 5) is 8.92. The van der Waals surface area contributed by atoms with Crippen molar-refractivity contribution in [3.8, 4) is 5.75 Å². The van der Waals surface area contributed by atoms with Crippen LogP contribution in [0, 0.1) is 13.8 Å². The zero-order chi connectivity index (χ0) is 20.1. The van der Waals surface area contributed by atoms with Gasteiger partial charge in [0.15, 0.2) is 0 Å². The molecule has 0 spiro atoms. The Balaban J connectivity index is 1.52. The van der Waals surface area contributed by atoms with Gasteiger partial charge in [0.25, 0.3) is 0 Å². The molecule has 0 saturated carbocycles. The highest BCUT2D eigenvalue weighted by Gasteiger charge is 2.31. The summed E-state index contributed by atoms with van der Waals surface area (Å²) >= 11 is 1.68. The molecular weight excluding hydrogens is 400 g/mol. The molecule has 1 aromatic carbocycles. The number of hydrogen-bond donors (Lipinski definition) is 2. The molecule has 9 nitrogen and oxygen atoms in total. The van der Waals surface area contributed by atoms with E-state index in [0.717, 1.165) is 32.9 Å². The molecule has 0 fully saturated rings. The topological polar surface area (TPSA) is 103 Å². The Kier molecular flexibility index (Phi) is 6.60. The molecule has 0 saturated heterocycles. The normalized spacial score (nSPS) is 16.8. The summed E-state index contributed by atoms with van der Waals surface area (Å²) in [5.41, 5.74) is 6.08. The van der Waals surface area contributed by atoms with Crippen LogP contribution in [0.2, 0.25) is 0 Å². The number of H-pyrrole nitrogens is 1. The standard InChI is InChI=1S/C17H24N6O3S2/c1-13-4-6-15(7-5-13)26-17-21-28(24,25)23(12-22(17)3)20-8-9-27-10-16-14(2)18-11-19-16/h4-7,11,20H,8-10,12H2,1-3H3,(H,18,19). The first-order chi connectivity index (χ1) is 13.3. The van der Waals surface area contributed by atoms with Crippen LogP contribution in [0.15, 0.2) is 35.0 Å². The second kappa shape index (κ2) is 8.95. The molecule has 2 aromatic rings. The number of imidazole rings is 1. The molecule has 2 heterocycles. The van der Waals surface area contributed by atoms with E-state index in [0.29, 0.717) is 12.3 Å². The maximum atomic E-state index is 12.4. The Morgan fingerprint density at radius 2 is 2.04 bits per heavy atom. The molecule has 11 heteroatoms. The van der Waals surface area contributed by atoms with Crippen LogP contribution >= 0.6 is 11.8 Å². The molecule has 28 heavy (non-hydrogen) atoms. The number of nitrogens with zero attached hydrogens (tertiary/aromatic N) is 4. The van der Waals surface area contributed by atoms with Crippen molar-refractivity contribution in [3.05, 3.63) is 47.5 Å². The minimum atomic E-state index is -3.85. The Hall–Kier alpha value is -2.08. The fourth-order valence-corrected chi connectivity index (χ4v) is 4.34. The van der Waals surface area contributed by atoms with Crippen molar-refractivity contribution < 1.29 is 13.2 Å². The molecule has 1 aromatic heterocycles. The first-order valence-electron chi connectivity index (χ1n) is 8.73. The summed E-state index contributed by atoms with van der Waals surface area (Å²) in [6, 6.07) is 7.39. The van der Waals surface area contributed by atoms with Crippen LogP contribution < -0.4 is 10.2 Å². The van der Waals surface area contributed by atoms with Crippen LogP contribution in [-0.4, -0.2) is 59.7 Å². The summed E-state index contributed by atoms with van der Waals surface area (Å²) in [6.07, 6.45) is 1.67. The van der Waals surface area contributed by atoms with Gasteiger partial charge < -0.3 is 14.6 Å². The number of ether oxygens (including phenoxy) is 1. The zero-order valence-corrected chi connectivity index (χ0v) is 17.7. The molecule has 1 aliphatic rings. The van der Waals surface area contributed by atoms with E-state index in [1.54, 1.807) is 42.2 Å². The number of rotatable bonds is 7. The van der Waals surface area contributed by atoms with Gasteiger partial charge in [0.2, 0.25) is 0 Å². The van der Waals surface area contributed by atoms with Crippen molar-refractivity contribution >= 4 is 28.0 Å². The largest absolute Gasteiger partial charge is 0.425 e. The van der Waals surface area contributed by atoms with E-state index >= 15 is 0 Å². The fraction of sp³-hybridized carbons (Fsp3) is 0.412. The van der Waals surface area contributed by atoms with Gasteiger partial charge in [0.1, 0.15) is 12.4 Å². The Morgan fingerprint density at radius 1 is 1.29 bits per heavy atom. The summed E-state index contributed by atoms with van der Waals surface area (Å²) in [5.74, 6) is 2.05. The van der Waals surface area contributed by atoms with E-state index in [1.165, 1.54) is 0 Å². The number of nitrogens with one attached hydrogen (secondary N) is 2. The van der Waals surface area contributed by atoms with E-state index in [2.05, 4.69) is 19.8 Å². The number of benzene rings is 1. The Morgan fingerprint density at radius 3 is 2.71 bits per heavy atom. The van der Waals surface area contributed by atoms with Gasteiger partial charge in [0, 0.05) is 30.8 Å². The number of thioether (sulfide) groups is 1. The highest BCUT2D eigenvalue weighted by atomic mass is 32.2. The number of aryl methyl sites for hydroxylation is 2. The van der Waals surface area contributed by atoms with Gasteiger partial charge in [0.05, 0.1) is 12.0 Å². The van der Waals surface area contributed by atoms with Crippen LogP contribution in [-0.2, 0) is 16.0 Å². The number of hydrogen-bond acceptors (Lipinski definition) is 7. The predicted octanol–water partition coefficient (Wildman–Crippen LogP) is 1.65. The lowest BCUT2D eigenvalue weighted by molar-refractivity contribution is 0.219. The summed E-state index contributed by atoms with van der Waals surface area (Å²) in [5, 5.41) is 0. The van der Waals surface area contributed by atoms with E-state index in [4.69, 9.17) is 4.74 Å². The van der Waals surface area contributed by atoms with Gasteiger partial charge in [-0.2, -0.15) is 20.2 Å². The minimum absolute atomic E-state index is 0.0466. The van der Waals surface area contributed by atoms with Crippen LogP contribution in [0.1, 0.15) is 17.0 Å². The molecule has 0 radical (unpaired) electrons. The van der Waals surface area contributed by atoms with Crippen LogP contribution in [0.3, 0.4) is 0 Å². The van der Waals surface area contributed by atoms with Crippen molar-refractivity contribution in [1.82, 2.24) is 24.7 Å². The average Bonchev–Trinajstić information content (AvgIpc) is 3.05. The highest BCUT2D eigenvalue weighted by molar-refractivity contribution is 7.98. The predicted molar refractivity (Wildman–Crippen MR) is 110 cm³/mol. The fourth-order valence-electron chi connectivity index (χ4n) is 2.43. The molecule has 2 N–H and O–H groups in total. The number of hydrazine groups is 1. The van der Waals surface area contributed by atoms with Gasteiger partial charge >= 0.3 is 16.2 Å². The number of amidine groups is 1. The molecule has 0 aliphatic carbocycles. The van der Waals surface area contributed by atoms with Crippen molar-refractivity contribution in [3.63, 3.8) is 0 Å². The van der Waals surface area contributed by atoms with Crippen LogP contribution in [0.5, 0.6) is 5.75 Å².